The predicted octanol–water partition coefficient (Wildman–Crippen LogP) is 3.33. The molecule has 1 aromatic carbocycles. The van der Waals surface area contributed by atoms with Gasteiger partial charge in [-0.1, -0.05) is 25.0 Å². The quantitative estimate of drug-likeness (QED) is 0.815. The lowest BCUT2D eigenvalue weighted by Crippen LogP contribution is -2.21. The molecule has 2 N–H and O–H groups in total. The maximum absolute atomic E-state index is 6.21. The highest BCUT2D eigenvalue weighted by molar-refractivity contribution is 5.47. The Morgan fingerprint density at radius 2 is 1.76 bits per heavy atom. The molecule has 94 valence electrons. The second-order valence-corrected chi connectivity index (χ2v) is 5.05. The predicted molar refractivity (Wildman–Crippen MR) is 74.3 cm³/mol. The Labute approximate surface area is 105 Å². The normalized spacial score (nSPS) is 16.9. The molecule has 2 nitrogen and oxygen atoms in total. The summed E-state index contributed by atoms with van der Waals surface area (Å²) in [6, 6.07) is 9.03. The Bertz CT molecular complexity index is 336. The van der Waals surface area contributed by atoms with Crippen molar-refractivity contribution in [1.82, 2.24) is 0 Å². The molecule has 0 aliphatic heterocycles. The van der Waals surface area contributed by atoms with Gasteiger partial charge in [-0.05, 0) is 43.9 Å². The molecule has 2 rings (SSSR count). The highest BCUT2D eigenvalue weighted by Gasteiger charge is 2.24. The highest BCUT2D eigenvalue weighted by Crippen LogP contribution is 2.36. The van der Waals surface area contributed by atoms with E-state index in [-0.39, 0.29) is 6.04 Å². The van der Waals surface area contributed by atoms with Crippen LogP contribution in [-0.2, 0) is 0 Å². The summed E-state index contributed by atoms with van der Waals surface area (Å²) in [5.74, 6) is 0.896. The molecule has 0 radical (unpaired) electrons. The largest absolute Gasteiger partial charge is 0.372 e. The summed E-state index contributed by atoms with van der Waals surface area (Å²) in [6.45, 7) is 6.50. The summed E-state index contributed by atoms with van der Waals surface area (Å²) in [4.78, 5) is 2.36. The van der Waals surface area contributed by atoms with E-state index < -0.39 is 0 Å². The third kappa shape index (κ3) is 3.22. The molecule has 0 unspecified atom stereocenters. The van der Waals surface area contributed by atoms with Crippen LogP contribution >= 0.6 is 0 Å². The van der Waals surface area contributed by atoms with Gasteiger partial charge in [0.1, 0.15) is 0 Å². The average Bonchev–Trinajstić information content (AvgIpc) is 3.15. The van der Waals surface area contributed by atoms with Crippen LogP contribution in [0, 0.1) is 5.92 Å². The standard InChI is InChI=1S/C15H24N2/c1-3-17(4-2)14-9-7-13(8-10-14)15(16)11-12-5-6-12/h7-10,12,15H,3-6,11,16H2,1-2H3/t15-/m1/s1. The fourth-order valence-corrected chi connectivity index (χ4v) is 2.37. The van der Waals surface area contributed by atoms with Crippen molar-refractivity contribution in [3.63, 3.8) is 0 Å². The van der Waals surface area contributed by atoms with Crippen LogP contribution in [0.15, 0.2) is 24.3 Å². The first-order valence-electron chi connectivity index (χ1n) is 6.85. The number of nitrogens with zero attached hydrogens (tertiary/aromatic N) is 1. The summed E-state index contributed by atoms with van der Waals surface area (Å²) in [5, 5.41) is 0. The van der Waals surface area contributed by atoms with Gasteiger partial charge in [0.25, 0.3) is 0 Å². The smallest absolute Gasteiger partial charge is 0.0366 e. The number of hydrogen-bond donors (Lipinski definition) is 1. The number of hydrogen-bond acceptors (Lipinski definition) is 2. The topological polar surface area (TPSA) is 29.3 Å². The van der Waals surface area contributed by atoms with E-state index in [1.54, 1.807) is 0 Å². The average molecular weight is 232 g/mol. The Balaban J connectivity index is 2.00. The molecule has 1 fully saturated rings. The Kier molecular flexibility index (Phi) is 4.06. The number of anilines is 1. The Morgan fingerprint density at radius 3 is 2.24 bits per heavy atom. The van der Waals surface area contributed by atoms with Gasteiger partial charge in [-0.3, -0.25) is 0 Å². The van der Waals surface area contributed by atoms with E-state index in [1.165, 1.54) is 24.1 Å². The van der Waals surface area contributed by atoms with Gasteiger partial charge in [0.05, 0.1) is 0 Å². The minimum absolute atomic E-state index is 0.230. The molecule has 2 heteroatoms. The minimum Gasteiger partial charge on any atom is -0.372 e. The lowest BCUT2D eigenvalue weighted by Gasteiger charge is -2.21. The molecule has 0 spiro atoms. The third-order valence-electron chi connectivity index (χ3n) is 3.73. The van der Waals surface area contributed by atoms with Crippen molar-refractivity contribution >= 4 is 5.69 Å². The van der Waals surface area contributed by atoms with Gasteiger partial charge in [-0.2, -0.15) is 0 Å². The summed E-state index contributed by atoms with van der Waals surface area (Å²) < 4.78 is 0. The van der Waals surface area contributed by atoms with Crippen LogP contribution in [0.3, 0.4) is 0 Å². The van der Waals surface area contributed by atoms with Crippen molar-refractivity contribution in [3.05, 3.63) is 29.8 Å². The molecule has 0 heterocycles. The summed E-state index contributed by atoms with van der Waals surface area (Å²) in [7, 11) is 0. The summed E-state index contributed by atoms with van der Waals surface area (Å²) in [5.41, 5.74) is 8.80. The molecule has 17 heavy (non-hydrogen) atoms. The molecular weight excluding hydrogens is 208 g/mol. The molecule has 0 bridgehead atoms. The molecule has 0 saturated heterocycles. The molecule has 1 aliphatic carbocycles. The molecule has 0 aromatic heterocycles. The number of benzene rings is 1. The van der Waals surface area contributed by atoms with Crippen LogP contribution in [0.1, 0.15) is 44.7 Å². The van der Waals surface area contributed by atoms with E-state index in [1.807, 2.05) is 0 Å². The van der Waals surface area contributed by atoms with E-state index in [0.29, 0.717) is 0 Å². The van der Waals surface area contributed by atoms with Gasteiger partial charge in [0, 0.05) is 24.8 Å². The van der Waals surface area contributed by atoms with Crippen molar-refractivity contribution in [2.24, 2.45) is 11.7 Å². The van der Waals surface area contributed by atoms with Crippen LogP contribution in [-0.4, -0.2) is 13.1 Å². The highest BCUT2D eigenvalue weighted by atomic mass is 15.1. The van der Waals surface area contributed by atoms with E-state index in [9.17, 15) is 0 Å². The SMILES string of the molecule is CCN(CC)c1ccc([C@H](N)CC2CC2)cc1. The van der Waals surface area contributed by atoms with Crippen LogP contribution in [0.2, 0.25) is 0 Å². The summed E-state index contributed by atoms with van der Waals surface area (Å²) >= 11 is 0. The van der Waals surface area contributed by atoms with E-state index in [0.717, 1.165) is 25.4 Å². The second-order valence-electron chi connectivity index (χ2n) is 5.05. The summed E-state index contributed by atoms with van der Waals surface area (Å²) in [6.07, 6.45) is 3.92. The van der Waals surface area contributed by atoms with Gasteiger partial charge in [-0.15, -0.1) is 0 Å². The molecular formula is C15H24N2. The van der Waals surface area contributed by atoms with Gasteiger partial charge in [-0.25, -0.2) is 0 Å². The van der Waals surface area contributed by atoms with E-state index in [4.69, 9.17) is 5.73 Å². The fourth-order valence-electron chi connectivity index (χ4n) is 2.37. The van der Waals surface area contributed by atoms with Crippen molar-refractivity contribution in [3.8, 4) is 0 Å². The van der Waals surface area contributed by atoms with Crippen molar-refractivity contribution in [2.45, 2.75) is 39.2 Å². The zero-order chi connectivity index (χ0) is 12.3. The number of rotatable bonds is 6. The lowest BCUT2D eigenvalue weighted by atomic mass is 10.0. The Hall–Kier alpha value is -1.02. The van der Waals surface area contributed by atoms with Gasteiger partial charge >= 0.3 is 0 Å². The zero-order valence-electron chi connectivity index (χ0n) is 11.0. The van der Waals surface area contributed by atoms with Crippen molar-refractivity contribution < 1.29 is 0 Å². The van der Waals surface area contributed by atoms with Crippen LogP contribution in [0.4, 0.5) is 5.69 Å². The lowest BCUT2D eigenvalue weighted by molar-refractivity contribution is 0.597. The maximum Gasteiger partial charge on any atom is 0.0366 e. The zero-order valence-corrected chi connectivity index (χ0v) is 11.0. The van der Waals surface area contributed by atoms with Crippen molar-refractivity contribution in [1.29, 1.82) is 0 Å². The van der Waals surface area contributed by atoms with Gasteiger partial charge in [0.2, 0.25) is 0 Å². The van der Waals surface area contributed by atoms with Gasteiger partial charge < -0.3 is 10.6 Å². The van der Waals surface area contributed by atoms with E-state index in [2.05, 4.69) is 43.0 Å². The van der Waals surface area contributed by atoms with Crippen LogP contribution in [0.25, 0.3) is 0 Å². The Morgan fingerprint density at radius 1 is 1.18 bits per heavy atom. The number of nitrogens with two attached hydrogens (primary N) is 1. The third-order valence-corrected chi connectivity index (χ3v) is 3.73. The second kappa shape index (κ2) is 5.54. The maximum atomic E-state index is 6.21. The van der Waals surface area contributed by atoms with Crippen molar-refractivity contribution in [2.75, 3.05) is 18.0 Å². The van der Waals surface area contributed by atoms with E-state index >= 15 is 0 Å². The van der Waals surface area contributed by atoms with Crippen LogP contribution in [0.5, 0.6) is 0 Å². The molecule has 0 amide bonds. The first-order valence-corrected chi connectivity index (χ1v) is 6.85. The molecule has 1 aliphatic rings. The minimum atomic E-state index is 0.230. The van der Waals surface area contributed by atoms with Crippen LogP contribution < -0.4 is 10.6 Å². The molecule has 1 saturated carbocycles. The molecule has 1 atom stereocenters. The van der Waals surface area contributed by atoms with Gasteiger partial charge in [0.15, 0.2) is 0 Å². The fraction of sp³-hybridized carbons (Fsp3) is 0.600. The monoisotopic (exact) mass is 232 g/mol. The first-order chi connectivity index (χ1) is 8.24. The molecule has 1 aromatic rings. The first kappa shape index (κ1) is 12.4.